The average molecular weight is 412 g/mol. The van der Waals surface area contributed by atoms with Crippen LogP contribution in [-0.2, 0) is 11.3 Å². The number of hydrogen-bond acceptors (Lipinski definition) is 8. The van der Waals surface area contributed by atoms with Crippen LogP contribution in [0.15, 0.2) is 47.0 Å². The molecule has 1 heterocycles. The number of ether oxygens (including phenoxy) is 2. The van der Waals surface area contributed by atoms with Crippen molar-refractivity contribution >= 4 is 11.6 Å². The minimum Gasteiger partial charge on any atom is -0.490 e. The number of nitrogens with zero attached hydrogens (tertiary/aromatic N) is 4. The molecule has 0 fully saturated rings. The lowest BCUT2D eigenvalue weighted by atomic mass is 10.1. The van der Waals surface area contributed by atoms with E-state index in [0.717, 1.165) is 11.1 Å². The smallest absolute Gasteiger partial charge is 0.311 e. The fraction of sp³-hybridized carbons (Fsp3) is 0.250. The third-order valence-electron chi connectivity index (χ3n) is 4.25. The summed E-state index contributed by atoms with van der Waals surface area (Å²) in [4.78, 5) is 28.4. The summed E-state index contributed by atoms with van der Waals surface area (Å²) in [5, 5.41) is 14.9. The highest BCUT2D eigenvalue weighted by Gasteiger charge is 2.18. The normalized spacial score (nSPS) is 10.5. The molecule has 10 heteroatoms. The molecule has 30 heavy (non-hydrogen) atoms. The maximum Gasteiger partial charge on any atom is 0.311 e. The number of aryl methyl sites for hydroxylation is 1. The molecule has 2 aromatic carbocycles. The van der Waals surface area contributed by atoms with Crippen LogP contribution in [0.5, 0.6) is 11.5 Å². The zero-order valence-corrected chi connectivity index (χ0v) is 16.7. The number of rotatable bonds is 8. The first kappa shape index (κ1) is 20.8. The van der Waals surface area contributed by atoms with Gasteiger partial charge in [-0.05, 0) is 19.1 Å². The van der Waals surface area contributed by atoms with E-state index < -0.39 is 4.92 Å². The molecule has 3 rings (SSSR count). The van der Waals surface area contributed by atoms with Crippen molar-refractivity contribution < 1.29 is 23.7 Å². The van der Waals surface area contributed by atoms with Gasteiger partial charge in [0.05, 0.1) is 18.6 Å². The quantitative estimate of drug-likeness (QED) is 0.409. The highest BCUT2D eigenvalue weighted by molar-refractivity contribution is 5.77. The van der Waals surface area contributed by atoms with Crippen LogP contribution in [0.2, 0.25) is 0 Å². The summed E-state index contributed by atoms with van der Waals surface area (Å²) >= 11 is 0. The second kappa shape index (κ2) is 9.03. The van der Waals surface area contributed by atoms with Gasteiger partial charge in [0.2, 0.25) is 17.5 Å². The van der Waals surface area contributed by atoms with Crippen molar-refractivity contribution in [2.24, 2.45) is 0 Å². The van der Waals surface area contributed by atoms with Gasteiger partial charge in [0.1, 0.15) is 5.75 Å². The van der Waals surface area contributed by atoms with Gasteiger partial charge in [0.25, 0.3) is 5.91 Å². The molecule has 0 unspecified atom stereocenters. The summed E-state index contributed by atoms with van der Waals surface area (Å²) in [5.41, 5.74) is 1.72. The Labute approximate surface area is 172 Å². The van der Waals surface area contributed by atoms with Gasteiger partial charge in [-0.15, -0.1) is 0 Å². The summed E-state index contributed by atoms with van der Waals surface area (Å²) in [6.45, 7) is 1.82. The molecule has 0 radical (unpaired) electrons. The molecule has 0 atom stereocenters. The zero-order chi connectivity index (χ0) is 21.7. The lowest BCUT2D eigenvalue weighted by Crippen LogP contribution is -2.31. The van der Waals surface area contributed by atoms with Gasteiger partial charge in [0.15, 0.2) is 6.61 Å². The molecule has 0 bridgehead atoms. The number of carbonyl (C=O) groups excluding carboxylic acids is 1. The molecular formula is C20H20N4O6. The lowest BCUT2D eigenvalue weighted by Gasteiger charge is -2.15. The summed E-state index contributed by atoms with van der Waals surface area (Å²) in [7, 11) is 2.90. The third-order valence-corrected chi connectivity index (χ3v) is 4.25. The van der Waals surface area contributed by atoms with E-state index in [-0.39, 0.29) is 36.2 Å². The van der Waals surface area contributed by atoms with Crippen molar-refractivity contribution in [1.82, 2.24) is 15.0 Å². The number of aromatic nitrogens is 2. The lowest BCUT2D eigenvalue weighted by molar-refractivity contribution is -0.385. The number of amides is 1. The third kappa shape index (κ3) is 4.90. The van der Waals surface area contributed by atoms with Gasteiger partial charge in [-0.2, -0.15) is 4.98 Å². The van der Waals surface area contributed by atoms with Crippen molar-refractivity contribution in [3.8, 4) is 22.9 Å². The van der Waals surface area contributed by atoms with E-state index in [1.54, 1.807) is 7.05 Å². The second-order valence-corrected chi connectivity index (χ2v) is 6.51. The van der Waals surface area contributed by atoms with Gasteiger partial charge in [0, 0.05) is 24.7 Å². The fourth-order valence-electron chi connectivity index (χ4n) is 2.67. The topological polar surface area (TPSA) is 121 Å². The summed E-state index contributed by atoms with van der Waals surface area (Å²) in [6.07, 6.45) is 0. The Bertz CT molecular complexity index is 1060. The highest BCUT2D eigenvalue weighted by atomic mass is 16.6. The molecule has 0 saturated heterocycles. The van der Waals surface area contributed by atoms with Gasteiger partial charge >= 0.3 is 5.69 Å². The molecule has 156 valence electrons. The number of hydrogen-bond donors (Lipinski definition) is 0. The molecular weight excluding hydrogens is 392 g/mol. The minimum absolute atomic E-state index is 0.0489. The van der Waals surface area contributed by atoms with Crippen molar-refractivity contribution in [3.63, 3.8) is 0 Å². The average Bonchev–Trinajstić information content (AvgIpc) is 3.20. The molecule has 10 nitrogen and oxygen atoms in total. The maximum atomic E-state index is 12.3. The highest BCUT2D eigenvalue weighted by Crippen LogP contribution is 2.30. The molecule has 0 saturated carbocycles. The molecule has 0 aliphatic rings. The first-order valence-electron chi connectivity index (χ1n) is 8.96. The molecule has 1 amide bonds. The number of nitro benzene ring substituents is 1. The van der Waals surface area contributed by atoms with Crippen molar-refractivity contribution in [2.75, 3.05) is 20.8 Å². The van der Waals surface area contributed by atoms with Crippen LogP contribution in [0, 0.1) is 17.0 Å². The standard InChI is InChI=1S/C20H20N4O6/c1-13-5-4-6-14(9-13)20-21-18(30-22-20)11-23(2)19(25)12-29-15-7-8-16(24(26)27)17(10-15)28-3/h4-10H,11-12H2,1-3H3. The molecule has 1 aromatic heterocycles. The minimum atomic E-state index is -0.559. The van der Waals surface area contributed by atoms with E-state index in [4.69, 9.17) is 14.0 Å². The van der Waals surface area contributed by atoms with Gasteiger partial charge < -0.3 is 18.9 Å². The first-order valence-corrected chi connectivity index (χ1v) is 8.96. The maximum absolute atomic E-state index is 12.3. The Morgan fingerprint density at radius 3 is 2.77 bits per heavy atom. The largest absolute Gasteiger partial charge is 0.490 e. The van der Waals surface area contributed by atoms with Crippen LogP contribution in [-0.4, -0.2) is 46.6 Å². The number of benzene rings is 2. The van der Waals surface area contributed by atoms with Crippen molar-refractivity contribution in [2.45, 2.75) is 13.5 Å². The molecule has 0 N–H and O–H groups in total. The van der Waals surface area contributed by atoms with E-state index in [2.05, 4.69) is 10.1 Å². The van der Waals surface area contributed by atoms with Crippen molar-refractivity contribution in [1.29, 1.82) is 0 Å². The summed E-state index contributed by atoms with van der Waals surface area (Å²) in [6, 6.07) is 11.7. The number of carbonyl (C=O) groups is 1. The van der Waals surface area contributed by atoms with Crippen LogP contribution >= 0.6 is 0 Å². The second-order valence-electron chi connectivity index (χ2n) is 6.51. The SMILES string of the molecule is COc1cc(OCC(=O)N(C)Cc2nc(-c3cccc(C)c3)no2)ccc1[N+](=O)[O-]. The molecule has 0 aliphatic carbocycles. The Kier molecular flexibility index (Phi) is 6.26. The van der Waals surface area contributed by atoms with E-state index in [0.29, 0.717) is 11.7 Å². The van der Waals surface area contributed by atoms with Gasteiger partial charge in [-0.25, -0.2) is 0 Å². The van der Waals surface area contributed by atoms with Crippen LogP contribution in [0.1, 0.15) is 11.5 Å². The van der Waals surface area contributed by atoms with Crippen LogP contribution < -0.4 is 9.47 Å². The monoisotopic (exact) mass is 412 g/mol. The number of nitro groups is 1. The van der Waals surface area contributed by atoms with Crippen LogP contribution in [0.4, 0.5) is 5.69 Å². The first-order chi connectivity index (χ1) is 14.4. The van der Waals surface area contributed by atoms with Crippen LogP contribution in [0.3, 0.4) is 0 Å². The Morgan fingerprint density at radius 1 is 1.27 bits per heavy atom. The van der Waals surface area contributed by atoms with Crippen LogP contribution in [0.25, 0.3) is 11.4 Å². The Balaban J connectivity index is 1.58. The molecule has 3 aromatic rings. The van der Waals surface area contributed by atoms with Gasteiger partial charge in [-0.1, -0.05) is 28.9 Å². The summed E-state index contributed by atoms with van der Waals surface area (Å²) < 4.78 is 15.6. The summed E-state index contributed by atoms with van der Waals surface area (Å²) in [5.74, 6) is 0.734. The van der Waals surface area contributed by atoms with Crippen molar-refractivity contribution in [3.05, 3.63) is 64.0 Å². The molecule has 0 spiro atoms. The van der Waals surface area contributed by atoms with E-state index >= 15 is 0 Å². The Morgan fingerprint density at radius 2 is 2.07 bits per heavy atom. The van der Waals surface area contributed by atoms with Gasteiger partial charge in [-0.3, -0.25) is 14.9 Å². The fourth-order valence-corrected chi connectivity index (χ4v) is 2.67. The van der Waals surface area contributed by atoms with E-state index in [1.165, 1.54) is 30.2 Å². The predicted molar refractivity (Wildman–Crippen MR) is 106 cm³/mol. The molecule has 0 aliphatic heterocycles. The Hall–Kier alpha value is -3.95. The predicted octanol–water partition coefficient (Wildman–Crippen LogP) is 3.00. The van der Waals surface area contributed by atoms with E-state index in [9.17, 15) is 14.9 Å². The number of methoxy groups -OCH3 is 1. The zero-order valence-electron chi connectivity index (χ0n) is 16.7. The number of likely N-dealkylation sites (N-methyl/N-ethyl adjacent to an activating group) is 1. The van der Waals surface area contributed by atoms with E-state index in [1.807, 2.05) is 31.2 Å².